The predicted octanol–water partition coefficient (Wildman–Crippen LogP) is 4.93. The first kappa shape index (κ1) is 24.0. The van der Waals surface area contributed by atoms with Gasteiger partial charge in [0.25, 0.3) is 5.91 Å². The van der Waals surface area contributed by atoms with E-state index in [0.29, 0.717) is 17.9 Å². The highest BCUT2D eigenvalue weighted by Gasteiger charge is 2.39. The standard InChI is InChI=1S/C29H28F2N2O3/c1-18(28(34)32-17-19-3-2-4-24(31)15-19)36-25-12-9-20-13-14-33(29(35)22-5-6-22)27(26(20)16-25)21-7-10-23(30)11-8-21/h2-4,7-12,15-16,18,22,27H,5-6,13-14,17H2,1H3,(H,32,34). The van der Waals surface area contributed by atoms with Gasteiger partial charge in [0.05, 0.1) is 6.04 Å². The van der Waals surface area contributed by atoms with Crippen LogP contribution < -0.4 is 10.1 Å². The van der Waals surface area contributed by atoms with Crippen LogP contribution in [0.2, 0.25) is 0 Å². The molecule has 3 aromatic carbocycles. The third-order valence-corrected chi connectivity index (χ3v) is 6.78. The minimum Gasteiger partial charge on any atom is -0.481 e. The Labute approximate surface area is 209 Å². The number of nitrogens with one attached hydrogen (secondary N) is 1. The molecular weight excluding hydrogens is 462 g/mol. The van der Waals surface area contributed by atoms with Crippen molar-refractivity contribution in [2.75, 3.05) is 6.54 Å². The van der Waals surface area contributed by atoms with Crippen molar-refractivity contribution in [2.24, 2.45) is 5.92 Å². The molecule has 1 fully saturated rings. The summed E-state index contributed by atoms with van der Waals surface area (Å²) in [6.07, 6.45) is 1.75. The summed E-state index contributed by atoms with van der Waals surface area (Å²) in [4.78, 5) is 27.6. The van der Waals surface area contributed by atoms with Crippen molar-refractivity contribution >= 4 is 11.8 Å². The van der Waals surface area contributed by atoms with E-state index >= 15 is 0 Å². The lowest BCUT2D eigenvalue weighted by Crippen LogP contribution is -2.41. The first-order valence-electron chi connectivity index (χ1n) is 12.3. The van der Waals surface area contributed by atoms with Gasteiger partial charge in [-0.1, -0.05) is 30.3 Å². The first-order valence-corrected chi connectivity index (χ1v) is 12.3. The van der Waals surface area contributed by atoms with Crippen molar-refractivity contribution in [1.29, 1.82) is 0 Å². The van der Waals surface area contributed by atoms with Crippen LogP contribution in [0.1, 0.15) is 48.1 Å². The van der Waals surface area contributed by atoms with E-state index in [4.69, 9.17) is 4.74 Å². The number of benzene rings is 3. The second kappa shape index (κ2) is 10.1. The number of fused-ring (bicyclic) bond motifs is 1. The summed E-state index contributed by atoms with van der Waals surface area (Å²) in [6.45, 7) is 2.45. The number of rotatable bonds is 7. The minimum absolute atomic E-state index is 0.0655. The Bertz CT molecular complexity index is 1270. The van der Waals surface area contributed by atoms with Gasteiger partial charge >= 0.3 is 0 Å². The van der Waals surface area contributed by atoms with Gasteiger partial charge in [-0.2, -0.15) is 0 Å². The van der Waals surface area contributed by atoms with Gasteiger partial charge < -0.3 is 15.0 Å². The maximum absolute atomic E-state index is 13.7. The van der Waals surface area contributed by atoms with Gasteiger partial charge in [-0.05, 0) is 84.8 Å². The summed E-state index contributed by atoms with van der Waals surface area (Å²) in [5.74, 6) is -0.301. The molecule has 2 unspecified atom stereocenters. The summed E-state index contributed by atoms with van der Waals surface area (Å²) in [7, 11) is 0. The van der Waals surface area contributed by atoms with Gasteiger partial charge in [0, 0.05) is 19.0 Å². The Hall–Kier alpha value is -3.74. The Kier molecular flexibility index (Phi) is 6.72. The first-order chi connectivity index (χ1) is 17.4. The predicted molar refractivity (Wildman–Crippen MR) is 131 cm³/mol. The second-order valence-corrected chi connectivity index (χ2v) is 9.48. The normalized spacial score (nSPS) is 17.8. The summed E-state index contributed by atoms with van der Waals surface area (Å²) >= 11 is 0. The van der Waals surface area contributed by atoms with Crippen molar-refractivity contribution in [2.45, 2.75) is 44.9 Å². The maximum atomic E-state index is 13.7. The van der Waals surface area contributed by atoms with Crippen molar-refractivity contribution in [3.05, 3.63) is 101 Å². The molecule has 5 nitrogen and oxygen atoms in total. The molecule has 1 heterocycles. The molecular formula is C29H28F2N2O3. The number of hydrogen-bond donors (Lipinski definition) is 1. The van der Waals surface area contributed by atoms with E-state index in [0.717, 1.165) is 36.0 Å². The maximum Gasteiger partial charge on any atom is 0.261 e. The summed E-state index contributed by atoms with van der Waals surface area (Å²) in [5.41, 5.74) is 3.52. The highest BCUT2D eigenvalue weighted by molar-refractivity contribution is 5.82. The van der Waals surface area contributed by atoms with Gasteiger partial charge in [-0.15, -0.1) is 0 Å². The lowest BCUT2D eigenvalue weighted by molar-refractivity contribution is -0.134. The topological polar surface area (TPSA) is 58.6 Å². The smallest absolute Gasteiger partial charge is 0.261 e. The molecule has 2 amide bonds. The number of carbonyl (C=O) groups is 2. The molecule has 0 spiro atoms. The summed E-state index contributed by atoms with van der Waals surface area (Å²) < 4.78 is 33.0. The number of halogens is 2. The molecule has 1 saturated carbocycles. The zero-order valence-electron chi connectivity index (χ0n) is 20.0. The van der Waals surface area contributed by atoms with Crippen LogP contribution >= 0.6 is 0 Å². The summed E-state index contributed by atoms with van der Waals surface area (Å²) in [6, 6.07) is 17.7. The monoisotopic (exact) mass is 490 g/mol. The van der Waals surface area contributed by atoms with Gasteiger partial charge in [0.15, 0.2) is 6.10 Å². The third kappa shape index (κ3) is 5.25. The number of nitrogens with zero attached hydrogens (tertiary/aromatic N) is 1. The average Bonchev–Trinajstić information content (AvgIpc) is 3.72. The van der Waals surface area contributed by atoms with Gasteiger partial charge in [-0.25, -0.2) is 8.78 Å². The number of amides is 2. The molecule has 0 saturated heterocycles. The van der Waals surface area contributed by atoms with E-state index in [9.17, 15) is 18.4 Å². The highest BCUT2D eigenvalue weighted by Crippen LogP contribution is 2.41. The fourth-order valence-electron chi connectivity index (χ4n) is 4.71. The van der Waals surface area contributed by atoms with E-state index in [2.05, 4.69) is 5.32 Å². The van der Waals surface area contributed by atoms with Crippen LogP contribution in [0.15, 0.2) is 66.7 Å². The van der Waals surface area contributed by atoms with Crippen LogP contribution in [0.3, 0.4) is 0 Å². The number of carbonyl (C=O) groups excluding carboxylic acids is 2. The molecule has 1 aliphatic heterocycles. The number of ether oxygens (including phenoxy) is 1. The van der Waals surface area contributed by atoms with Crippen LogP contribution in [-0.2, 0) is 22.6 Å². The van der Waals surface area contributed by atoms with Crippen LogP contribution in [-0.4, -0.2) is 29.4 Å². The molecule has 5 rings (SSSR count). The van der Waals surface area contributed by atoms with Gasteiger partial charge in [0.1, 0.15) is 17.4 Å². The molecule has 0 radical (unpaired) electrons. The Balaban J connectivity index is 1.35. The van der Waals surface area contributed by atoms with Gasteiger partial charge in [-0.3, -0.25) is 9.59 Å². The van der Waals surface area contributed by atoms with Crippen molar-refractivity contribution in [1.82, 2.24) is 10.2 Å². The van der Waals surface area contributed by atoms with Crippen molar-refractivity contribution in [3.8, 4) is 5.75 Å². The van der Waals surface area contributed by atoms with E-state index in [1.165, 1.54) is 24.3 Å². The van der Waals surface area contributed by atoms with E-state index in [1.54, 1.807) is 31.2 Å². The van der Waals surface area contributed by atoms with Crippen molar-refractivity contribution in [3.63, 3.8) is 0 Å². The van der Waals surface area contributed by atoms with Crippen LogP contribution in [0.5, 0.6) is 5.75 Å². The van der Waals surface area contributed by atoms with Crippen molar-refractivity contribution < 1.29 is 23.1 Å². The Morgan fingerprint density at radius 2 is 1.81 bits per heavy atom. The van der Waals surface area contributed by atoms with E-state index in [-0.39, 0.29) is 42.0 Å². The molecule has 36 heavy (non-hydrogen) atoms. The van der Waals surface area contributed by atoms with E-state index in [1.807, 2.05) is 23.1 Å². The molecule has 2 atom stereocenters. The van der Waals surface area contributed by atoms with Gasteiger partial charge in [0.2, 0.25) is 5.91 Å². The SMILES string of the molecule is CC(Oc1ccc2c(c1)C(c1ccc(F)cc1)N(C(=O)C1CC1)CC2)C(=O)NCc1cccc(F)c1. The average molecular weight is 491 g/mol. The lowest BCUT2D eigenvalue weighted by atomic mass is 9.87. The molecule has 7 heteroatoms. The summed E-state index contributed by atoms with van der Waals surface area (Å²) in [5, 5.41) is 2.77. The molecule has 1 N–H and O–H groups in total. The van der Waals surface area contributed by atoms with E-state index < -0.39 is 6.10 Å². The Morgan fingerprint density at radius 1 is 1.03 bits per heavy atom. The molecule has 0 aromatic heterocycles. The fraction of sp³-hybridized carbons (Fsp3) is 0.310. The van der Waals surface area contributed by atoms with Crippen LogP contribution in [0, 0.1) is 17.6 Å². The second-order valence-electron chi connectivity index (χ2n) is 9.48. The highest BCUT2D eigenvalue weighted by atomic mass is 19.1. The molecule has 1 aliphatic carbocycles. The fourth-order valence-corrected chi connectivity index (χ4v) is 4.71. The molecule has 3 aromatic rings. The van der Waals surface area contributed by atoms with Crippen LogP contribution in [0.4, 0.5) is 8.78 Å². The molecule has 0 bridgehead atoms. The largest absolute Gasteiger partial charge is 0.481 e. The third-order valence-electron chi connectivity index (χ3n) is 6.78. The van der Waals surface area contributed by atoms with Crippen LogP contribution in [0.25, 0.3) is 0 Å². The molecule has 186 valence electrons. The zero-order valence-corrected chi connectivity index (χ0v) is 20.0. The number of hydrogen-bond acceptors (Lipinski definition) is 3. The molecule has 2 aliphatic rings. The minimum atomic E-state index is -0.784. The zero-order chi connectivity index (χ0) is 25.2. The quantitative estimate of drug-likeness (QED) is 0.511. The lowest BCUT2D eigenvalue weighted by Gasteiger charge is -2.38. The Morgan fingerprint density at radius 3 is 2.53 bits per heavy atom.